The van der Waals surface area contributed by atoms with Crippen molar-refractivity contribution in [2.45, 2.75) is 59.0 Å². The van der Waals surface area contributed by atoms with Crippen LogP contribution in [0.15, 0.2) is 72.9 Å². The van der Waals surface area contributed by atoms with Crippen LogP contribution < -0.4 is 9.72 Å². The lowest BCUT2D eigenvalue weighted by molar-refractivity contribution is -0.495. The lowest BCUT2D eigenvalue weighted by atomic mass is 9.82. The average molecular weight is 604 g/mol. The van der Waals surface area contributed by atoms with Crippen LogP contribution >= 0.6 is 0 Å². The summed E-state index contributed by atoms with van der Waals surface area (Å²) in [5, 5.41) is 6.27. The molecule has 0 saturated heterocycles. The number of nitrogens with zero attached hydrogens (tertiary/aromatic N) is 2. The predicted molar refractivity (Wildman–Crippen MR) is 156 cm³/mol. The van der Waals surface area contributed by atoms with Crippen molar-refractivity contribution in [1.29, 1.82) is 0 Å². The van der Waals surface area contributed by atoms with Crippen molar-refractivity contribution < 1.29 is 34.9 Å². The minimum absolute atomic E-state index is 0.128. The quantitative estimate of drug-likeness (QED) is 0.0992. The second-order valence-electron chi connectivity index (χ2n) is 12.2. The van der Waals surface area contributed by atoms with Crippen LogP contribution in [0, 0.1) is 18.2 Å². The second-order valence-corrected chi connectivity index (χ2v) is 13.6. The maximum atomic E-state index is 13.8. The molecule has 0 saturated carbocycles. The third-order valence-corrected chi connectivity index (χ3v) is 7.16. The molecule has 0 aliphatic carbocycles. The van der Waals surface area contributed by atoms with E-state index >= 15 is 0 Å². The van der Waals surface area contributed by atoms with Crippen molar-refractivity contribution in [2.24, 2.45) is 5.41 Å². The topological polar surface area (TPSA) is 77.7 Å². The molecule has 3 aromatic heterocycles. The molecule has 0 unspecified atom stereocenters. The Hall–Kier alpha value is -3.70. The van der Waals surface area contributed by atoms with Crippen LogP contribution in [0.4, 0.5) is 23.4 Å². The van der Waals surface area contributed by atoms with Crippen molar-refractivity contribution in [3.05, 3.63) is 84.3 Å². The first-order chi connectivity index (χ1) is 19.3. The highest BCUT2D eigenvalue weighted by Crippen LogP contribution is 2.36. The van der Waals surface area contributed by atoms with E-state index in [1.165, 1.54) is 23.1 Å². The normalized spacial score (nSPS) is 12.9. The van der Waals surface area contributed by atoms with Gasteiger partial charge in [-0.1, -0.05) is 45.0 Å². The summed E-state index contributed by atoms with van der Waals surface area (Å²) in [6, 6.07) is 21.8. The number of fused-ring (bicyclic) bond motifs is 5. The number of halogens is 4. The lowest BCUT2D eigenvalue weighted by Crippen LogP contribution is -2.39. The summed E-state index contributed by atoms with van der Waals surface area (Å²) in [5.74, 6) is 0.850. The molecule has 224 valence electrons. The van der Waals surface area contributed by atoms with E-state index in [0.717, 1.165) is 40.0 Å². The van der Waals surface area contributed by atoms with Gasteiger partial charge in [0.05, 0.1) is 11.7 Å². The smallest absolute Gasteiger partial charge is 0.485 e. The molecular weight excluding hydrogens is 570 g/mol. The molecule has 0 atom stereocenters. The summed E-state index contributed by atoms with van der Waals surface area (Å²) < 4.78 is 77.3. The third-order valence-electron chi connectivity index (χ3n) is 6.59. The standard InChI is InChI=1S/C30H33FN3.CHF3O3S/c1-20-11-16-26-33(18-20)28(32-30(5,6)19-29(2,3)4)27-24-10-8-7-9-22(24)17-25(34(26)27)21-12-14-23(31)15-13-21;2-1(3,4)8(5,6)7/h7-18,32H,19H2,1-6H3;(H,5,6,7)/q+1;/p-1. The van der Waals surface area contributed by atoms with Gasteiger partial charge in [-0.05, 0) is 80.0 Å². The Morgan fingerprint density at radius 1 is 0.929 bits per heavy atom. The highest BCUT2D eigenvalue weighted by atomic mass is 32.2. The Balaban J connectivity index is 0.000000446. The van der Waals surface area contributed by atoms with E-state index in [-0.39, 0.29) is 16.8 Å². The SMILES string of the molecule is Cc1ccc2n3c(-c4ccc(F)cc4)cc4ccccc4c3c(NC(C)(C)CC(C)(C)C)[n+]2c1.O=S(=O)([O-])C(F)(F)F. The molecule has 11 heteroatoms. The fourth-order valence-electron chi connectivity index (χ4n) is 5.48. The van der Waals surface area contributed by atoms with Crippen LogP contribution in [0.5, 0.6) is 0 Å². The van der Waals surface area contributed by atoms with Crippen molar-refractivity contribution in [1.82, 2.24) is 4.40 Å². The molecule has 0 amide bonds. The Labute approximate surface area is 242 Å². The van der Waals surface area contributed by atoms with Gasteiger partial charge >= 0.3 is 5.51 Å². The van der Waals surface area contributed by atoms with Crippen molar-refractivity contribution >= 4 is 37.9 Å². The third kappa shape index (κ3) is 6.68. The van der Waals surface area contributed by atoms with Gasteiger partial charge in [0.1, 0.15) is 11.5 Å². The predicted octanol–water partition coefficient (Wildman–Crippen LogP) is 7.62. The summed E-state index contributed by atoms with van der Waals surface area (Å²) in [7, 11) is -6.09. The van der Waals surface area contributed by atoms with E-state index in [4.69, 9.17) is 13.0 Å². The van der Waals surface area contributed by atoms with Crippen molar-refractivity contribution in [2.75, 3.05) is 5.32 Å². The molecular formula is C31H33F4N3O3S. The Bertz CT molecular complexity index is 1870. The van der Waals surface area contributed by atoms with E-state index in [1.54, 1.807) is 0 Å². The van der Waals surface area contributed by atoms with Gasteiger partial charge in [-0.3, -0.25) is 5.32 Å². The van der Waals surface area contributed by atoms with Crippen LogP contribution in [0.1, 0.15) is 46.6 Å². The van der Waals surface area contributed by atoms with E-state index in [2.05, 4.69) is 104 Å². The molecule has 0 fully saturated rings. The fraction of sp³-hybridized carbons (Fsp3) is 0.323. The van der Waals surface area contributed by atoms with Crippen LogP contribution in [-0.4, -0.2) is 28.4 Å². The molecule has 5 rings (SSSR count). The molecule has 0 spiro atoms. The molecule has 0 bridgehead atoms. The van der Waals surface area contributed by atoms with E-state index in [0.29, 0.717) is 0 Å². The van der Waals surface area contributed by atoms with Gasteiger partial charge in [0.25, 0.3) is 5.82 Å². The number of nitrogens with one attached hydrogen (secondary N) is 1. The molecule has 6 nitrogen and oxygen atoms in total. The number of hydrogen-bond donors (Lipinski definition) is 1. The average Bonchev–Trinajstić information content (AvgIpc) is 3.15. The molecule has 2 aromatic carbocycles. The highest BCUT2D eigenvalue weighted by molar-refractivity contribution is 7.86. The van der Waals surface area contributed by atoms with Gasteiger partial charge in [0.15, 0.2) is 15.6 Å². The largest absolute Gasteiger partial charge is 0.741 e. The van der Waals surface area contributed by atoms with Crippen molar-refractivity contribution in [3.8, 4) is 11.3 Å². The van der Waals surface area contributed by atoms with Gasteiger partial charge in [0.2, 0.25) is 5.65 Å². The number of benzene rings is 2. The molecule has 3 heterocycles. The Kier molecular flexibility index (Phi) is 8.07. The number of pyridine rings is 2. The minimum Gasteiger partial charge on any atom is -0.741 e. The van der Waals surface area contributed by atoms with Crippen LogP contribution in [0.3, 0.4) is 0 Å². The zero-order chi connectivity index (χ0) is 31.3. The minimum atomic E-state index is -6.09. The van der Waals surface area contributed by atoms with Gasteiger partial charge in [-0.25, -0.2) is 21.6 Å². The van der Waals surface area contributed by atoms with Crippen LogP contribution in [-0.2, 0) is 10.1 Å². The summed E-state index contributed by atoms with van der Waals surface area (Å²) in [4.78, 5) is 0. The first-order valence-corrected chi connectivity index (χ1v) is 14.6. The number of alkyl halides is 3. The van der Waals surface area contributed by atoms with E-state index in [9.17, 15) is 17.6 Å². The number of hydrogen-bond acceptors (Lipinski definition) is 4. The van der Waals surface area contributed by atoms with Crippen molar-refractivity contribution in [3.63, 3.8) is 0 Å². The zero-order valence-electron chi connectivity index (χ0n) is 24.2. The molecule has 0 aliphatic heterocycles. The Morgan fingerprint density at radius 3 is 2.10 bits per heavy atom. The molecule has 0 radical (unpaired) electrons. The van der Waals surface area contributed by atoms with Crippen LogP contribution in [0.2, 0.25) is 0 Å². The maximum absolute atomic E-state index is 13.8. The number of rotatable bonds is 4. The Morgan fingerprint density at radius 2 is 1.52 bits per heavy atom. The van der Waals surface area contributed by atoms with Gasteiger partial charge < -0.3 is 4.55 Å². The van der Waals surface area contributed by atoms with Gasteiger partial charge in [-0.15, -0.1) is 0 Å². The van der Waals surface area contributed by atoms with E-state index < -0.39 is 15.6 Å². The second kappa shape index (κ2) is 10.9. The molecule has 5 aromatic rings. The molecule has 1 N–H and O–H groups in total. The summed E-state index contributed by atoms with van der Waals surface area (Å²) >= 11 is 0. The maximum Gasteiger partial charge on any atom is 0.485 e. The number of aromatic nitrogens is 2. The first kappa shape index (κ1) is 31.2. The monoisotopic (exact) mass is 603 g/mol. The lowest BCUT2D eigenvalue weighted by Gasteiger charge is -2.31. The van der Waals surface area contributed by atoms with Gasteiger partial charge in [0, 0.05) is 17.0 Å². The van der Waals surface area contributed by atoms with Crippen LogP contribution in [0.25, 0.3) is 33.2 Å². The summed E-state index contributed by atoms with van der Waals surface area (Å²) in [6.07, 6.45) is 3.21. The zero-order valence-corrected chi connectivity index (χ0v) is 25.0. The molecule has 42 heavy (non-hydrogen) atoms. The number of aryl methyl sites for hydroxylation is 1. The molecule has 0 aliphatic rings. The summed E-state index contributed by atoms with van der Waals surface area (Å²) in [6.45, 7) is 13.5. The fourth-order valence-corrected chi connectivity index (χ4v) is 5.48. The first-order valence-electron chi connectivity index (χ1n) is 13.2. The van der Waals surface area contributed by atoms with Gasteiger partial charge in [-0.2, -0.15) is 13.2 Å². The summed E-state index contributed by atoms with van der Waals surface area (Å²) in [5.41, 5.74) is -0.178. The highest BCUT2D eigenvalue weighted by Gasteiger charge is 2.37. The number of imidazole rings is 1. The number of anilines is 1. The van der Waals surface area contributed by atoms with E-state index in [1.807, 2.05) is 12.1 Å².